The molecular formula is C17H23NO2. The molecule has 3 aliphatic rings. The summed E-state index contributed by atoms with van der Waals surface area (Å²) in [5.74, 6) is 0.943. The van der Waals surface area contributed by atoms with E-state index in [1.165, 1.54) is 25.7 Å². The molecule has 2 atom stereocenters. The minimum absolute atomic E-state index is 0.312. The third kappa shape index (κ3) is 2.13. The number of rotatable bonds is 3. The van der Waals surface area contributed by atoms with Crippen molar-refractivity contribution in [1.29, 1.82) is 0 Å². The van der Waals surface area contributed by atoms with Gasteiger partial charge in [0.05, 0.1) is 6.10 Å². The van der Waals surface area contributed by atoms with E-state index in [4.69, 9.17) is 4.74 Å². The number of benzene rings is 1. The number of hydrogen-bond donors (Lipinski definition) is 1. The van der Waals surface area contributed by atoms with E-state index in [1.807, 2.05) is 12.1 Å². The summed E-state index contributed by atoms with van der Waals surface area (Å²) in [5.41, 5.74) is 0.411. The van der Waals surface area contributed by atoms with Crippen molar-refractivity contribution >= 4 is 0 Å². The molecule has 108 valence electrons. The second kappa shape index (κ2) is 4.74. The van der Waals surface area contributed by atoms with E-state index in [1.54, 1.807) is 0 Å². The maximum Gasteiger partial charge on any atom is 0.119 e. The van der Waals surface area contributed by atoms with Crippen molar-refractivity contribution in [2.45, 2.75) is 56.3 Å². The average Bonchev–Trinajstić information content (AvgIpc) is 3.23. The summed E-state index contributed by atoms with van der Waals surface area (Å²) in [6.07, 6.45) is 7.31. The van der Waals surface area contributed by atoms with Crippen LogP contribution in [0.4, 0.5) is 0 Å². The van der Waals surface area contributed by atoms with Crippen LogP contribution in [-0.2, 0) is 5.60 Å². The lowest BCUT2D eigenvalue weighted by molar-refractivity contribution is -0.0138. The Labute approximate surface area is 120 Å². The molecule has 1 saturated carbocycles. The first kappa shape index (κ1) is 12.7. The Balaban J connectivity index is 1.55. The summed E-state index contributed by atoms with van der Waals surface area (Å²) in [6.45, 7) is 2.18. The van der Waals surface area contributed by atoms with Crippen molar-refractivity contribution in [3.8, 4) is 5.75 Å². The number of hydrogen-bond acceptors (Lipinski definition) is 3. The van der Waals surface area contributed by atoms with E-state index in [0.717, 1.165) is 37.2 Å². The molecular weight excluding hydrogens is 250 g/mol. The maximum atomic E-state index is 11.2. The summed E-state index contributed by atoms with van der Waals surface area (Å²) in [7, 11) is 0. The molecule has 0 amide bonds. The molecule has 1 aliphatic carbocycles. The Morgan fingerprint density at radius 1 is 1.05 bits per heavy atom. The van der Waals surface area contributed by atoms with Crippen LogP contribution in [0.15, 0.2) is 24.3 Å². The number of fused-ring (bicyclic) bond motifs is 1. The zero-order chi connectivity index (χ0) is 13.6. The van der Waals surface area contributed by atoms with Crippen molar-refractivity contribution in [3.63, 3.8) is 0 Å². The zero-order valence-electron chi connectivity index (χ0n) is 11.9. The van der Waals surface area contributed by atoms with Gasteiger partial charge in [-0.05, 0) is 56.3 Å². The van der Waals surface area contributed by atoms with Crippen LogP contribution in [0, 0.1) is 0 Å². The molecule has 0 aromatic heterocycles. The fourth-order valence-electron chi connectivity index (χ4n) is 3.82. The average molecular weight is 273 g/mol. The molecule has 2 saturated heterocycles. The highest BCUT2D eigenvalue weighted by Gasteiger charge is 2.47. The molecule has 3 fully saturated rings. The van der Waals surface area contributed by atoms with Crippen LogP contribution in [0.1, 0.15) is 44.1 Å². The molecule has 0 bridgehead atoms. The molecule has 1 aromatic rings. The number of nitrogens with zero attached hydrogens (tertiary/aromatic N) is 1. The molecule has 2 unspecified atom stereocenters. The van der Waals surface area contributed by atoms with Crippen LogP contribution in [0.2, 0.25) is 0 Å². The van der Waals surface area contributed by atoms with E-state index < -0.39 is 5.60 Å². The van der Waals surface area contributed by atoms with Crippen molar-refractivity contribution in [3.05, 3.63) is 29.8 Å². The van der Waals surface area contributed by atoms with E-state index in [2.05, 4.69) is 17.0 Å². The van der Waals surface area contributed by atoms with E-state index >= 15 is 0 Å². The smallest absolute Gasteiger partial charge is 0.119 e. The van der Waals surface area contributed by atoms with Gasteiger partial charge in [-0.1, -0.05) is 18.6 Å². The topological polar surface area (TPSA) is 32.7 Å². The summed E-state index contributed by atoms with van der Waals surface area (Å²) in [6, 6.07) is 8.49. The largest absolute Gasteiger partial charge is 0.490 e. The highest BCUT2D eigenvalue weighted by molar-refractivity contribution is 5.33. The van der Waals surface area contributed by atoms with Crippen LogP contribution in [0.3, 0.4) is 0 Å². The van der Waals surface area contributed by atoms with Crippen molar-refractivity contribution in [2.24, 2.45) is 0 Å². The number of ether oxygens (including phenoxy) is 1. The van der Waals surface area contributed by atoms with Crippen LogP contribution >= 0.6 is 0 Å². The summed E-state index contributed by atoms with van der Waals surface area (Å²) in [4.78, 5) is 2.47. The van der Waals surface area contributed by atoms with Gasteiger partial charge in [-0.25, -0.2) is 0 Å². The second-order valence-electron chi connectivity index (χ2n) is 6.56. The third-order valence-electron chi connectivity index (χ3n) is 5.13. The fourth-order valence-corrected chi connectivity index (χ4v) is 3.82. The molecule has 4 rings (SSSR count). The monoisotopic (exact) mass is 273 g/mol. The van der Waals surface area contributed by atoms with Crippen molar-refractivity contribution in [1.82, 2.24) is 4.90 Å². The van der Waals surface area contributed by atoms with Crippen LogP contribution in [0.25, 0.3) is 0 Å². The van der Waals surface area contributed by atoms with Gasteiger partial charge >= 0.3 is 0 Å². The van der Waals surface area contributed by atoms with E-state index in [9.17, 15) is 5.11 Å². The molecule has 2 aliphatic heterocycles. The minimum Gasteiger partial charge on any atom is -0.490 e. The quantitative estimate of drug-likeness (QED) is 0.919. The zero-order valence-corrected chi connectivity index (χ0v) is 11.9. The van der Waals surface area contributed by atoms with Gasteiger partial charge in [-0.2, -0.15) is 0 Å². The summed E-state index contributed by atoms with van der Waals surface area (Å²) < 4.78 is 5.79. The molecule has 1 N–H and O–H groups in total. The minimum atomic E-state index is -0.654. The van der Waals surface area contributed by atoms with Crippen LogP contribution < -0.4 is 4.74 Å². The molecule has 2 heterocycles. The molecule has 1 aromatic carbocycles. The van der Waals surface area contributed by atoms with Gasteiger partial charge in [-0.3, -0.25) is 4.90 Å². The fraction of sp³-hybridized carbons (Fsp3) is 0.647. The molecule has 0 radical (unpaired) electrons. The Morgan fingerprint density at radius 2 is 1.85 bits per heavy atom. The predicted octanol–water partition coefficient (Wildman–Crippen LogP) is 2.67. The number of piperidine rings is 1. The van der Waals surface area contributed by atoms with Gasteiger partial charge in [0.15, 0.2) is 0 Å². The SMILES string of the molecule is OC1(c2ccc(OC3CC3)cc2)CCN2CCCCC21. The van der Waals surface area contributed by atoms with Crippen molar-refractivity contribution < 1.29 is 9.84 Å². The van der Waals surface area contributed by atoms with Gasteiger partial charge in [0.25, 0.3) is 0 Å². The first-order valence-corrected chi connectivity index (χ1v) is 7.99. The van der Waals surface area contributed by atoms with Gasteiger partial charge in [0.2, 0.25) is 0 Å². The first-order valence-electron chi connectivity index (χ1n) is 7.99. The van der Waals surface area contributed by atoms with Gasteiger partial charge < -0.3 is 9.84 Å². The molecule has 0 spiro atoms. The Morgan fingerprint density at radius 3 is 2.60 bits per heavy atom. The van der Waals surface area contributed by atoms with Crippen molar-refractivity contribution in [2.75, 3.05) is 13.1 Å². The van der Waals surface area contributed by atoms with Crippen LogP contribution in [-0.4, -0.2) is 35.2 Å². The normalized spacial score (nSPS) is 34.0. The molecule has 3 heteroatoms. The molecule has 3 nitrogen and oxygen atoms in total. The molecule has 20 heavy (non-hydrogen) atoms. The lowest BCUT2D eigenvalue weighted by atomic mass is 9.83. The standard InChI is InChI=1S/C17H23NO2/c19-17(10-12-18-11-2-1-3-16(17)18)13-4-6-14(7-5-13)20-15-8-9-15/h4-7,15-16,19H,1-3,8-12H2. The highest BCUT2D eigenvalue weighted by Crippen LogP contribution is 2.42. The lowest BCUT2D eigenvalue weighted by Gasteiger charge is -2.37. The Kier molecular flexibility index (Phi) is 3.00. The third-order valence-corrected chi connectivity index (χ3v) is 5.13. The second-order valence-corrected chi connectivity index (χ2v) is 6.56. The van der Waals surface area contributed by atoms with Gasteiger partial charge in [0, 0.05) is 12.6 Å². The highest BCUT2D eigenvalue weighted by atomic mass is 16.5. The van der Waals surface area contributed by atoms with E-state index in [-0.39, 0.29) is 0 Å². The lowest BCUT2D eigenvalue weighted by Crippen LogP contribution is -2.45. The van der Waals surface area contributed by atoms with Gasteiger partial charge in [-0.15, -0.1) is 0 Å². The predicted molar refractivity (Wildman–Crippen MR) is 77.8 cm³/mol. The number of aliphatic hydroxyl groups is 1. The maximum absolute atomic E-state index is 11.2. The van der Waals surface area contributed by atoms with E-state index in [0.29, 0.717) is 12.1 Å². The first-order chi connectivity index (χ1) is 9.75. The Hall–Kier alpha value is -1.06. The van der Waals surface area contributed by atoms with Crippen LogP contribution in [0.5, 0.6) is 5.75 Å². The Bertz CT molecular complexity index is 482. The summed E-state index contributed by atoms with van der Waals surface area (Å²) in [5, 5.41) is 11.2. The summed E-state index contributed by atoms with van der Waals surface area (Å²) >= 11 is 0. The van der Waals surface area contributed by atoms with Gasteiger partial charge in [0.1, 0.15) is 11.4 Å².